The van der Waals surface area contributed by atoms with Crippen molar-refractivity contribution in [2.45, 2.75) is 19.6 Å². The Morgan fingerprint density at radius 2 is 1.84 bits per heavy atom. The second-order valence-corrected chi connectivity index (χ2v) is 8.04. The zero-order valence-corrected chi connectivity index (χ0v) is 19.6. The lowest BCUT2D eigenvalue weighted by Crippen LogP contribution is -2.35. The molecule has 10 nitrogen and oxygen atoms in total. The number of aromatic nitrogens is 5. The van der Waals surface area contributed by atoms with Gasteiger partial charge in [0.25, 0.3) is 11.8 Å². The summed E-state index contributed by atoms with van der Waals surface area (Å²) in [5.41, 5.74) is 2.28. The van der Waals surface area contributed by atoms with Crippen molar-refractivity contribution in [2.75, 3.05) is 19.7 Å². The molecule has 0 saturated heterocycles. The van der Waals surface area contributed by atoms with Crippen molar-refractivity contribution < 1.29 is 27.5 Å². The molecule has 0 aliphatic carbocycles. The number of nitrogens with zero attached hydrogens (tertiary/aromatic N) is 5. The van der Waals surface area contributed by atoms with Gasteiger partial charge in [0.15, 0.2) is 6.61 Å². The zero-order chi connectivity index (χ0) is 26.4. The number of alkyl halides is 3. The van der Waals surface area contributed by atoms with Gasteiger partial charge < -0.3 is 15.4 Å². The smallest absolute Gasteiger partial charge is 0.422 e. The average Bonchev–Trinajstić information content (AvgIpc) is 3.28. The van der Waals surface area contributed by atoms with Crippen LogP contribution in [0, 0.1) is 6.92 Å². The third-order valence-corrected chi connectivity index (χ3v) is 5.12. The molecule has 0 aliphatic rings. The van der Waals surface area contributed by atoms with Crippen LogP contribution in [0.25, 0.3) is 10.9 Å². The summed E-state index contributed by atoms with van der Waals surface area (Å²) in [6.07, 6.45) is 3.11. The molecule has 37 heavy (non-hydrogen) atoms. The van der Waals surface area contributed by atoms with E-state index in [4.69, 9.17) is 4.74 Å². The van der Waals surface area contributed by atoms with E-state index in [1.807, 2.05) is 0 Å². The molecule has 0 radical (unpaired) electrons. The fourth-order valence-corrected chi connectivity index (χ4v) is 3.49. The summed E-state index contributed by atoms with van der Waals surface area (Å²) in [6.45, 7) is 0.852. The van der Waals surface area contributed by atoms with Gasteiger partial charge in [-0.05, 0) is 36.8 Å². The molecule has 4 heterocycles. The van der Waals surface area contributed by atoms with Crippen molar-refractivity contribution in [3.05, 3.63) is 77.6 Å². The predicted octanol–water partition coefficient (Wildman–Crippen LogP) is 2.68. The molecule has 192 valence electrons. The number of ether oxygens (including phenoxy) is 1. The van der Waals surface area contributed by atoms with Crippen LogP contribution in [0.15, 0.2) is 55.2 Å². The first-order valence-electron chi connectivity index (χ1n) is 11.1. The molecule has 0 fully saturated rings. The Morgan fingerprint density at radius 1 is 1.05 bits per heavy atom. The first-order valence-corrected chi connectivity index (χ1v) is 11.1. The molecule has 4 rings (SSSR count). The summed E-state index contributed by atoms with van der Waals surface area (Å²) in [5, 5.41) is 10.4. The number of carbonyl (C=O) groups is 2. The minimum absolute atomic E-state index is 0.0912. The van der Waals surface area contributed by atoms with Gasteiger partial charge in [-0.1, -0.05) is 0 Å². The van der Waals surface area contributed by atoms with E-state index in [0.717, 1.165) is 0 Å². The van der Waals surface area contributed by atoms with Crippen LogP contribution in [-0.4, -0.2) is 62.4 Å². The molecule has 4 aromatic rings. The fraction of sp³-hybridized carbons (Fsp3) is 0.250. The Kier molecular flexibility index (Phi) is 7.60. The first-order chi connectivity index (χ1) is 17.7. The SMILES string of the molecule is Cc1cc(Cn2cc3c(C(=O)NCCNC(=O)c4cccnc4)nccc3n2)cnc1OCC(F)(F)F. The minimum Gasteiger partial charge on any atom is -0.468 e. The van der Waals surface area contributed by atoms with Gasteiger partial charge in [-0.3, -0.25) is 24.2 Å². The number of amides is 2. The van der Waals surface area contributed by atoms with Crippen molar-refractivity contribution in [1.29, 1.82) is 0 Å². The molecule has 0 aliphatic heterocycles. The Bertz CT molecular complexity index is 1410. The monoisotopic (exact) mass is 513 g/mol. The summed E-state index contributed by atoms with van der Waals surface area (Å²) < 4.78 is 43.5. The molecule has 0 bridgehead atoms. The molecule has 0 spiro atoms. The van der Waals surface area contributed by atoms with E-state index in [-0.39, 0.29) is 37.1 Å². The third kappa shape index (κ3) is 6.78. The largest absolute Gasteiger partial charge is 0.468 e. The summed E-state index contributed by atoms with van der Waals surface area (Å²) >= 11 is 0. The second kappa shape index (κ2) is 11.0. The highest BCUT2D eigenvalue weighted by atomic mass is 19.4. The fourth-order valence-electron chi connectivity index (χ4n) is 3.49. The van der Waals surface area contributed by atoms with Crippen molar-refractivity contribution in [2.24, 2.45) is 0 Å². The lowest BCUT2D eigenvalue weighted by molar-refractivity contribution is -0.154. The van der Waals surface area contributed by atoms with Gasteiger partial charge in [0.1, 0.15) is 5.69 Å². The Morgan fingerprint density at radius 3 is 2.54 bits per heavy atom. The Balaban J connectivity index is 1.37. The van der Waals surface area contributed by atoms with Crippen molar-refractivity contribution in [3.8, 4) is 5.88 Å². The molecule has 0 atom stereocenters. The van der Waals surface area contributed by atoms with Gasteiger partial charge in [0.05, 0.1) is 23.0 Å². The van der Waals surface area contributed by atoms with Gasteiger partial charge in [0, 0.05) is 49.6 Å². The summed E-state index contributed by atoms with van der Waals surface area (Å²) in [5.74, 6) is -0.815. The number of carbonyl (C=O) groups excluding carboxylic acids is 2. The van der Waals surface area contributed by atoms with Gasteiger partial charge in [-0.2, -0.15) is 18.3 Å². The lowest BCUT2D eigenvalue weighted by atomic mass is 10.2. The maximum Gasteiger partial charge on any atom is 0.422 e. The number of halogens is 3. The van der Waals surface area contributed by atoms with E-state index in [1.54, 1.807) is 48.3 Å². The van der Waals surface area contributed by atoms with Crippen molar-refractivity contribution in [1.82, 2.24) is 35.4 Å². The molecule has 0 saturated carbocycles. The first kappa shape index (κ1) is 25.5. The standard InChI is InChI=1S/C24H22F3N7O3/c1-15-9-16(10-32-23(15)37-14-24(25,26)27)12-34-13-18-19(33-34)4-6-29-20(18)22(36)31-8-7-30-21(35)17-3-2-5-28-11-17/h2-6,9-11,13H,7-8,12,14H2,1H3,(H,30,35)(H,31,36). The van der Waals surface area contributed by atoms with Gasteiger partial charge in [-0.25, -0.2) is 4.98 Å². The van der Waals surface area contributed by atoms with Crippen LogP contribution in [-0.2, 0) is 6.54 Å². The van der Waals surface area contributed by atoms with E-state index in [9.17, 15) is 22.8 Å². The summed E-state index contributed by atoms with van der Waals surface area (Å²) in [6, 6.07) is 6.62. The lowest BCUT2D eigenvalue weighted by Gasteiger charge is -2.11. The molecule has 4 aromatic heterocycles. The summed E-state index contributed by atoms with van der Waals surface area (Å²) in [7, 11) is 0. The molecule has 0 unspecified atom stereocenters. The van der Waals surface area contributed by atoms with Crippen LogP contribution in [0.4, 0.5) is 13.2 Å². The van der Waals surface area contributed by atoms with Crippen LogP contribution in [0.5, 0.6) is 5.88 Å². The van der Waals surface area contributed by atoms with E-state index >= 15 is 0 Å². The van der Waals surface area contributed by atoms with Crippen LogP contribution in [0.1, 0.15) is 32.0 Å². The van der Waals surface area contributed by atoms with Crippen molar-refractivity contribution in [3.63, 3.8) is 0 Å². The molecular formula is C24H22F3N7O3. The predicted molar refractivity (Wildman–Crippen MR) is 126 cm³/mol. The van der Waals surface area contributed by atoms with Gasteiger partial charge in [-0.15, -0.1) is 0 Å². The highest BCUT2D eigenvalue weighted by molar-refractivity contribution is 6.04. The number of hydrogen-bond acceptors (Lipinski definition) is 7. The molecule has 13 heteroatoms. The third-order valence-electron chi connectivity index (χ3n) is 5.12. The number of hydrogen-bond donors (Lipinski definition) is 2. The zero-order valence-electron chi connectivity index (χ0n) is 19.6. The Hall–Kier alpha value is -4.55. The number of nitrogens with one attached hydrogen (secondary N) is 2. The van der Waals surface area contributed by atoms with Crippen LogP contribution >= 0.6 is 0 Å². The number of aryl methyl sites for hydroxylation is 1. The minimum atomic E-state index is -4.45. The topological polar surface area (TPSA) is 124 Å². The van der Waals surface area contributed by atoms with E-state index in [1.165, 1.54) is 18.6 Å². The maximum absolute atomic E-state index is 12.7. The number of rotatable bonds is 9. The quantitative estimate of drug-likeness (QED) is 0.330. The van der Waals surface area contributed by atoms with Crippen molar-refractivity contribution >= 4 is 22.7 Å². The Labute approximate surface area is 208 Å². The van der Waals surface area contributed by atoms with Gasteiger partial charge >= 0.3 is 6.18 Å². The van der Waals surface area contributed by atoms with E-state index < -0.39 is 18.7 Å². The number of fused-ring (bicyclic) bond motifs is 1. The van der Waals surface area contributed by atoms with Crippen LogP contribution in [0.3, 0.4) is 0 Å². The van der Waals surface area contributed by atoms with Crippen LogP contribution in [0.2, 0.25) is 0 Å². The van der Waals surface area contributed by atoms with E-state index in [0.29, 0.717) is 27.6 Å². The molecule has 2 N–H and O–H groups in total. The number of pyridine rings is 3. The molecular weight excluding hydrogens is 491 g/mol. The highest BCUT2D eigenvalue weighted by Gasteiger charge is 2.29. The average molecular weight is 513 g/mol. The van der Waals surface area contributed by atoms with Crippen LogP contribution < -0.4 is 15.4 Å². The normalized spacial score (nSPS) is 11.4. The highest BCUT2D eigenvalue weighted by Crippen LogP contribution is 2.21. The van der Waals surface area contributed by atoms with E-state index in [2.05, 4.69) is 30.7 Å². The summed E-state index contributed by atoms with van der Waals surface area (Å²) in [4.78, 5) is 36.8. The van der Waals surface area contributed by atoms with Gasteiger partial charge in [0.2, 0.25) is 5.88 Å². The second-order valence-electron chi connectivity index (χ2n) is 8.04. The maximum atomic E-state index is 12.7. The molecule has 0 aromatic carbocycles. The molecule has 2 amide bonds.